The van der Waals surface area contributed by atoms with Gasteiger partial charge in [0.15, 0.2) is 0 Å². The van der Waals surface area contributed by atoms with E-state index in [4.69, 9.17) is 0 Å². The molecule has 1 nitrogen and oxygen atoms in total. The molecule has 1 N–H and O–H groups in total. The van der Waals surface area contributed by atoms with E-state index in [2.05, 4.69) is 50.4 Å². The third-order valence-corrected chi connectivity index (χ3v) is 3.87. The molecule has 0 spiro atoms. The Kier molecular flexibility index (Phi) is 5.51. The number of nitrogens with one attached hydrogen (secondary N) is 1. The molecule has 21 heavy (non-hydrogen) atoms. The third kappa shape index (κ3) is 4.15. The van der Waals surface area contributed by atoms with Crippen LogP contribution in [-0.4, -0.2) is 0 Å². The summed E-state index contributed by atoms with van der Waals surface area (Å²) in [5.74, 6) is 0.295. The van der Waals surface area contributed by atoms with Gasteiger partial charge in [-0.05, 0) is 35.6 Å². The molecule has 2 atom stereocenters. The van der Waals surface area contributed by atoms with Gasteiger partial charge < -0.3 is 5.32 Å². The van der Waals surface area contributed by atoms with E-state index >= 15 is 0 Å². The molecule has 2 heteroatoms. The predicted octanol–water partition coefficient (Wildman–Crippen LogP) is 5.26. The van der Waals surface area contributed by atoms with Gasteiger partial charge in [0.25, 0.3) is 0 Å². The molecule has 0 fully saturated rings. The van der Waals surface area contributed by atoms with Crippen LogP contribution in [0.25, 0.3) is 0 Å². The van der Waals surface area contributed by atoms with Crippen LogP contribution in [0.1, 0.15) is 50.4 Å². The van der Waals surface area contributed by atoms with Crippen molar-refractivity contribution in [3.05, 3.63) is 71.5 Å². The van der Waals surface area contributed by atoms with Gasteiger partial charge in [-0.3, -0.25) is 0 Å². The SMILES string of the molecule is CCC(NC(c1ccccc1)C(C)C)c1cccc(F)c1. The molecule has 0 heterocycles. The summed E-state index contributed by atoms with van der Waals surface area (Å²) >= 11 is 0. The van der Waals surface area contributed by atoms with E-state index in [1.165, 1.54) is 11.6 Å². The van der Waals surface area contributed by atoms with Gasteiger partial charge >= 0.3 is 0 Å². The molecule has 0 saturated heterocycles. The maximum Gasteiger partial charge on any atom is 0.123 e. The van der Waals surface area contributed by atoms with Gasteiger partial charge in [0, 0.05) is 12.1 Å². The highest BCUT2D eigenvalue weighted by Crippen LogP contribution is 2.27. The Labute approximate surface area is 127 Å². The minimum Gasteiger partial charge on any atom is -0.303 e. The van der Waals surface area contributed by atoms with Crippen LogP contribution in [0.5, 0.6) is 0 Å². The van der Waals surface area contributed by atoms with Crippen molar-refractivity contribution in [3.63, 3.8) is 0 Å². The van der Waals surface area contributed by atoms with Crippen molar-refractivity contribution >= 4 is 0 Å². The lowest BCUT2D eigenvalue weighted by molar-refractivity contribution is 0.356. The fourth-order valence-corrected chi connectivity index (χ4v) is 2.72. The minimum atomic E-state index is -0.173. The zero-order valence-corrected chi connectivity index (χ0v) is 13.0. The van der Waals surface area contributed by atoms with Crippen LogP contribution in [0.15, 0.2) is 54.6 Å². The first kappa shape index (κ1) is 15.7. The molecule has 0 radical (unpaired) electrons. The van der Waals surface area contributed by atoms with Gasteiger partial charge in [0.05, 0.1) is 0 Å². The van der Waals surface area contributed by atoms with Crippen LogP contribution >= 0.6 is 0 Å². The molecular weight excluding hydrogens is 261 g/mol. The average Bonchev–Trinajstić information content (AvgIpc) is 2.49. The van der Waals surface area contributed by atoms with Gasteiger partial charge in [0.1, 0.15) is 5.82 Å². The third-order valence-electron chi connectivity index (χ3n) is 3.87. The fraction of sp³-hybridized carbons (Fsp3) is 0.368. The largest absolute Gasteiger partial charge is 0.303 e. The topological polar surface area (TPSA) is 12.0 Å². The van der Waals surface area contributed by atoms with Crippen LogP contribution in [0.4, 0.5) is 4.39 Å². The lowest BCUT2D eigenvalue weighted by Gasteiger charge is -2.28. The summed E-state index contributed by atoms with van der Waals surface area (Å²) in [6, 6.07) is 17.8. The molecular formula is C19H24FN. The molecule has 112 valence electrons. The van der Waals surface area contributed by atoms with Crippen molar-refractivity contribution in [2.24, 2.45) is 5.92 Å². The first-order valence-electron chi connectivity index (χ1n) is 7.68. The van der Waals surface area contributed by atoms with E-state index in [9.17, 15) is 4.39 Å². The summed E-state index contributed by atoms with van der Waals surface area (Å²) in [6.45, 7) is 6.55. The molecule has 0 bridgehead atoms. The summed E-state index contributed by atoms with van der Waals surface area (Å²) in [7, 11) is 0. The van der Waals surface area contributed by atoms with Gasteiger partial charge in [-0.1, -0.05) is 63.2 Å². The number of benzene rings is 2. The van der Waals surface area contributed by atoms with Crippen LogP contribution in [0.3, 0.4) is 0 Å². The van der Waals surface area contributed by atoms with Crippen LogP contribution in [0.2, 0.25) is 0 Å². The lowest BCUT2D eigenvalue weighted by atomic mass is 9.93. The highest BCUT2D eigenvalue weighted by molar-refractivity contribution is 5.23. The Bertz CT molecular complexity index is 551. The number of halogens is 1. The highest BCUT2D eigenvalue weighted by Gasteiger charge is 2.20. The number of rotatable bonds is 6. The molecule has 0 aliphatic heterocycles. The van der Waals surface area contributed by atoms with E-state index in [1.807, 2.05) is 12.1 Å². The van der Waals surface area contributed by atoms with E-state index < -0.39 is 0 Å². The molecule has 2 unspecified atom stereocenters. The number of hydrogen-bond donors (Lipinski definition) is 1. The zero-order chi connectivity index (χ0) is 15.2. The molecule has 0 amide bonds. The molecule has 0 aromatic heterocycles. The van der Waals surface area contributed by atoms with Gasteiger partial charge in [-0.25, -0.2) is 4.39 Å². The van der Waals surface area contributed by atoms with Crippen molar-refractivity contribution in [2.75, 3.05) is 0 Å². The van der Waals surface area contributed by atoms with Crippen LogP contribution in [0, 0.1) is 11.7 Å². The molecule has 2 aromatic rings. The van der Waals surface area contributed by atoms with Crippen LogP contribution in [-0.2, 0) is 0 Å². The Morgan fingerprint density at radius 2 is 1.62 bits per heavy atom. The summed E-state index contributed by atoms with van der Waals surface area (Å²) in [4.78, 5) is 0. The number of hydrogen-bond acceptors (Lipinski definition) is 1. The molecule has 0 aliphatic carbocycles. The Morgan fingerprint density at radius 1 is 0.952 bits per heavy atom. The van der Waals surface area contributed by atoms with Crippen molar-refractivity contribution < 1.29 is 4.39 Å². The van der Waals surface area contributed by atoms with Crippen LogP contribution < -0.4 is 5.32 Å². The summed E-state index contributed by atoms with van der Waals surface area (Å²) in [5, 5.41) is 3.70. The van der Waals surface area contributed by atoms with E-state index in [0.29, 0.717) is 5.92 Å². The van der Waals surface area contributed by atoms with Crippen molar-refractivity contribution in [1.29, 1.82) is 0 Å². The summed E-state index contributed by atoms with van der Waals surface area (Å²) < 4.78 is 13.5. The second-order valence-corrected chi connectivity index (χ2v) is 5.81. The Morgan fingerprint density at radius 3 is 2.19 bits per heavy atom. The monoisotopic (exact) mass is 285 g/mol. The van der Waals surface area contributed by atoms with Gasteiger partial charge in [-0.2, -0.15) is 0 Å². The Hall–Kier alpha value is -1.67. The molecule has 2 rings (SSSR count). The summed E-state index contributed by atoms with van der Waals surface area (Å²) in [5.41, 5.74) is 2.29. The minimum absolute atomic E-state index is 0.160. The average molecular weight is 285 g/mol. The molecule has 2 aromatic carbocycles. The second kappa shape index (κ2) is 7.37. The normalized spacial score (nSPS) is 14.1. The maximum atomic E-state index is 13.5. The smallest absolute Gasteiger partial charge is 0.123 e. The molecule has 0 saturated carbocycles. The maximum absolute atomic E-state index is 13.5. The van der Waals surface area contributed by atoms with Gasteiger partial charge in [-0.15, -0.1) is 0 Å². The molecule has 0 aliphatic rings. The Balaban J connectivity index is 2.22. The van der Waals surface area contributed by atoms with Crippen molar-refractivity contribution in [2.45, 2.75) is 39.3 Å². The zero-order valence-electron chi connectivity index (χ0n) is 13.0. The second-order valence-electron chi connectivity index (χ2n) is 5.81. The highest BCUT2D eigenvalue weighted by atomic mass is 19.1. The quantitative estimate of drug-likeness (QED) is 0.763. The van der Waals surface area contributed by atoms with Crippen molar-refractivity contribution in [3.8, 4) is 0 Å². The fourth-order valence-electron chi connectivity index (χ4n) is 2.72. The van der Waals surface area contributed by atoms with E-state index in [0.717, 1.165) is 12.0 Å². The predicted molar refractivity (Wildman–Crippen MR) is 86.6 cm³/mol. The van der Waals surface area contributed by atoms with Crippen molar-refractivity contribution in [1.82, 2.24) is 5.32 Å². The van der Waals surface area contributed by atoms with E-state index in [1.54, 1.807) is 12.1 Å². The lowest BCUT2D eigenvalue weighted by Crippen LogP contribution is -2.29. The first-order chi connectivity index (χ1) is 10.1. The summed E-state index contributed by atoms with van der Waals surface area (Å²) in [6.07, 6.45) is 0.930. The first-order valence-corrected chi connectivity index (χ1v) is 7.68. The van der Waals surface area contributed by atoms with E-state index in [-0.39, 0.29) is 17.9 Å². The standard InChI is InChI=1S/C19H24FN/c1-4-18(16-11-8-12-17(20)13-16)21-19(14(2)3)15-9-6-5-7-10-15/h5-14,18-19,21H,4H2,1-3H3. The van der Waals surface area contributed by atoms with Gasteiger partial charge in [0.2, 0.25) is 0 Å².